The fraction of sp³-hybridized carbons (Fsp3) is 0.238. The lowest BCUT2D eigenvalue weighted by Crippen LogP contribution is -2.29. The summed E-state index contributed by atoms with van der Waals surface area (Å²) in [4.78, 5) is 25.3. The molecule has 0 aliphatic carbocycles. The second-order valence-corrected chi connectivity index (χ2v) is 6.58. The van der Waals surface area contributed by atoms with E-state index in [0.717, 1.165) is 35.5 Å². The van der Waals surface area contributed by atoms with Crippen molar-refractivity contribution in [3.8, 4) is 11.5 Å². The van der Waals surface area contributed by atoms with E-state index in [9.17, 15) is 18.0 Å². The van der Waals surface area contributed by atoms with Gasteiger partial charge in [0.15, 0.2) is 5.82 Å². The van der Waals surface area contributed by atoms with Crippen LogP contribution in [0.25, 0.3) is 11.5 Å². The van der Waals surface area contributed by atoms with Crippen LogP contribution in [-0.4, -0.2) is 33.9 Å². The number of carbonyl (C=O) groups is 1. The van der Waals surface area contributed by atoms with Gasteiger partial charge in [-0.3, -0.25) is 9.78 Å². The standard InChI is InChI=1S/C21H20F3N5O/c1-13-14(2)28-19(17-5-3-4-10-25-17)29-18(13)26-11-12-27-20(30)15-6-8-16(9-7-15)21(22,23)24/h3-10H,11-12H2,1-2H3,(H,27,30)(H,26,28,29). The molecular weight excluding hydrogens is 395 g/mol. The number of rotatable bonds is 6. The third-order valence-electron chi connectivity index (χ3n) is 4.46. The highest BCUT2D eigenvalue weighted by Gasteiger charge is 2.30. The molecule has 2 aromatic heterocycles. The molecule has 0 spiro atoms. The van der Waals surface area contributed by atoms with Crippen LogP contribution in [0.3, 0.4) is 0 Å². The molecule has 0 fully saturated rings. The van der Waals surface area contributed by atoms with Gasteiger partial charge in [0.1, 0.15) is 11.5 Å². The maximum Gasteiger partial charge on any atom is 0.416 e. The summed E-state index contributed by atoms with van der Waals surface area (Å²) in [5, 5.41) is 5.83. The average Bonchev–Trinajstić information content (AvgIpc) is 2.73. The summed E-state index contributed by atoms with van der Waals surface area (Å²) in [5.41, 5.74) is 1.71. The predicted octanol–water partition coefficient (Wildman–Crippen LogP) is 4.02. The topological polar surface area (TPSA) is 79.8 Å². The van der Waals surface area contributed by atoms with Crippen molar-refractivity contribution in [2.75, 3.05) is 18.4 Å². The number of aromatic nitrogens is 3. The summed E-state index contributed by atoms with van der Waals surface area (Å²) in [6.07, 6.45) is -2.77. The molecule has 1 aromatic carbocycles. The Hall–Kier alpha value is -3.49. The van der Waals surface area contributed by atoms with E-state index < -0.39 is 17.6 Å². The first kappa shape index (κ1) is 21.2. The number of hydrogen-bond acceptors (Lipinski definition) is 5. The zero-order valence-corrected chi connectivity index (χ0v) is 16.4. The zero-order chi connectivity index (χ0) is 21.7. The second kappa shape index (κ2) is 8.89. The molecule has 2 N–H and O–H groups in total. The molecule has 6 nitrogen and oxygen atoms in total. The number of pyridine rings is 1. The molecule has 0 saturated carbocycles. The summed E-state index contributed by atoms with van der Waals surface area (Å²) < 4.78 is 37.8. The van der Waals surface area contributed by atoms with E-state index in [1.54, 1.807) is 6.20 Å². The van der Waals surface area contributed by atoms with Gasteiger partial charge in [0.2, 0.25) is 0 Å². The summed E-state index contributed by atoms with van der Waals surface area (Å²) in [5.74, 6) is 0.678. The first-order valence-electron chi connectivity index (χ1n) is 9.21. The van der Waals surface area contributed by atoms with Crippen molar-refractivity contribution in [2.24, 2.45) is 0 Å². The lowest BCUT2D eigenvalue weighted by atomic mass is 10.1. The van der Waals surface area contributed by atoms with E-state index in [-0.39, 0.29) is 12.1 Å². The highest BCUT2D eigenvalue weighted by molar-refractivity contribution is 5.94. The van der Waals surface area contributed by atoms with Gasteiger partial charge in [-0.05, 0) is 50.2 Å². The minimum atomic E-state index is -4.43. The molecule has 30 heavy (non-hydrogen) atoms. The Bertz CT molecular complexity index is 1020. The van der Waals surface area contributed by atoms with Crippen LogP contribution >= 0.6 is 0 Å². The lowest BCUT2D eigenvalue weighted by Gasteiger charge is -2.13. The second-order valence-electron chi connectivity index (χ2n) is 6.58. The number of halogens is 3. The average molecular weight is 415 g/mol. The molecule has 0 atom stereocenters. The van der Waals surface area contributed by atoms with Crippen LogP contribution in [0.15, 0.2) is 48.7 Å². The van der Waals surface area contributed by atoms with Crippen LogP contribution < -0.4 is 10.6 Å². The highest BCUT2D eigenvalue weighted by atomic mass is 19.4. The van der Waals surface area contributed by atoms with E-state index in [4.69, 9.17) is 0 Å². The van der Waals surface area contributed by atoms with E-state index in [1.165, 1.54) is 0 Å². The van der Waals surface area contributed by atoms with Crippen molar-refractivity contribution in [3.05, 3.63) is 71.0 Å². The van der Waals surface area contributed by atoms with Gasteiger partial charge in [0, 0.05) is 36.1 Å². The quantitative estimate of drug-likeness (QED) is 0.595. The van der Waals surface area contributed by atoms with Crippen LogP contribution in [0.2, 0.25) is 0 Å². The minimum Gasteiger partial charge on any atom is -0.368 e. The van der Waals surface area contributed by atoms with Crippen molar-refractivity contribution in [2.45, 2.75) is 20.0 Å². The molecule has 0 radical (unpaired) electrons. The van der Waals surface area contributed by atoms with Crippen LogP contribution in [0.5, 0.6) is 0 Å². The highest BCUT2D eigenvalue weighted by Crippen LogP contribution is 2.29. The number of nitrogens with zero attached hydrogens (tertiary/aromatic N) is 3. The number of benzene rings is 1. The minimum absolute atomic E-state index is 0.162. The van der Waals surface area contributed by atoms with E-state index in [0.29, 0.717) is 23.9 Å². The van der Waals surface area contributed by atoms with Gasteiger partial charge in [-0.25, -0.2) is 9.97 Å². The lowest BCUT2D eigenvalue weighted by molar-refractivity contribution is -0.137. The summed E-state index contributed by atoms with van der Waals surface area (Å²) >= 11 is 0. The van der Waals surface area contributed by atoms with E-state index in [1.807, 2.05) is 32.0 Å². The molecule has 9 heteroatoms. The van der Waals surface area contributed by atoms with Crippen LogP contribution in [0.4, 0.5) is 19.0 Å². The Kier molecular flexibility index (Phi) is 6.29. The van der Waals surface area contributed by atoms with Gasteiger partial charge in [-0.15, -0.1) is 0 Å². The normalized spacial score (nSPS) is 11.2. The van der Waals surface area contributed by atoms with Gasteiger partial charge in [0.05, 0.1) is 5.56 Å². The fourth-order valence-electron chi connectivity index (χ4n) is 2.68. The fourth-order valence-corrected chi connectivity index (χ4v) is 2.68. The molecule has 3 rings (SSSR count). The smallest absolute Gasteiger partial charge is 0.368 e. The van der Waals surface area contributed by atoms with Crippen molar-refractivity contribution in [3.63, 3.8) is 0 Å². The number of amides is 1. The van der Waals surface area contributed by atoms with Crippen molar-refractivity contribution in [1.82, 2.24) is 20.3 Å². The third-order valence-corrected chi connectivity index (χ3v) is 4.46. The first-order valence-corrected chi connectivity index (χ1v) is 9.21. The number of anilines is 1. The van der Waals surface area contributed by atoms with Gasteiger partial charge < -0.3 is 10.6 Å². The van der Waals surface area contributed by atoms with E-state index >= 15 is 0 Å². The largest absolute Gasteiger partial charge is 0.416 e. The van der Waals surface area contributed by atoms with E-state index in [2.05, 4.69) is 25.6 Å². The molecule has 0 unspecified atom stereocenters. The number of carbonyl (C=O) groups excluding carboxylic acids is 1. The molecule has 3 aromatic rings. The molecule has 2 heterocycles. The van der Waals surface area contributed by atoms with Crippen LogP contribution in [-0.2, 0) is 6.18 Å². The molecule has 0 aliphatic rings. The molecule has 0 saturated heterocycles. The molecule has 1 amide bonds. The third kappa shape index (κ3) is 5.11. The Labute approximate surface area is 171 Å². The van der Waals surface area contributed by atoms with Crippen molar-refractivity contribution >= 4 is 11.7 Å². The molecular formula is C21H20F3N5O. The monoisotopic (exact) mass is 415 g/mol. The number of aryl methyl sites for hydroxylation is 1. The maximum atomic E-state index is 12.6. The Morgan fingerprint density at radius 1 is 1.00 bits per heavy atom. The van der Waals surface area contributed by atoms with Gasteiger partial charge >= 0.3 is 6.18 Å². The molecule has 0 aliphatic heterocycles. The molecule has 156 valence electrons. The summed E-state index contributed by atoms with van der Waals surface area (Å²) in [6.45, 7) is 4.41. The molecule has 0 bridgehead atoms. The predicted molar refractivity (Wildman–Crippen MR) is 107 cm³/mol. The van der Waals surface area contributed by atoms with Crippen molar-refractivity contribution in [1.29, 1.82) is 0 Å². The number of nitrogens with one attached hydrogen (secondary N) is 2. The number of alkyl halides is 3. The zero-order valence-electron chi connectivity index (χ0n) is 16.4. The number of hydrogen-bond donors (Lipinski definition) is 2. The van der Waals surface area contributed by atoms with Gasteiger partial charge in [-0.2, -0.15) is 13.2 Å². The van der Waals surface area contributed by atoms with Gasteiger partial charge in [-0.1, -0.05) is 6.07 Å². The summed E-state index contributed by atoms with van der Waals surface area (Å²) in [6, 6.07) is 9.57. The SMILES string of the molecule is Cc1nc(-c2ccccn2)nc(NCCNC(=O)c2ccc(C(F)(F)F)cc2)c1C. The maximum absolute atomic E-state index is 12.6. The van der Waals surface area contributed by atoms with Gasteiger partial charge in [0.25, 0.3) is 5.91 Å². The Morgan fingerprint density at radius 2 is 1.73 bits per heavy atom. The summed E-state index contributed by atoms with van der Waals surface area (Å²) in [7, 11) is 0. The van der Waals surface area contributed by atoms with Crippen LogP contribution in [0.1, 0.15) is 27.2 Å². The Morgan fingerprint density at radius 3 is 2.37 bits per heavy atom. The first-order chi connectivity index (χ1) is 14.3. The Balaban J connectivity index is 1.59. The van der Waals surface area contributed by atoms with Crippen molar-refractivity contribution < 1.29 is 18.0 Å². The van der Waals surface area contributed by atoms with Crippen LogP contribution in [0, 0.1) is 13.8 Å².